The van der Waals surface area contributed by atoms with Gasteiger partial charge < -0.3 is 0 Å². The normalized spacial score (nSPS) is 9.27. The summed E-state index contributed by atoms with van der Waals surface area (Å²) < 4.78 is 11.8. The van der Waals surface area contributed by atoms with Crippen molar-refractivity contribution in [3.8, 4) is 0 Å². The predicted octanol–water partition coefficient (Wildman–Crippen LogP) is 2.50. The van der Waals surface area contributed by atoms with Gasteiger partial charge in [0, 0.05) is 5.69 Å². The number of hydrogen-bond donors (Lipinski definition) is 1. The summed E-state index contributed by atoms with van der Waals surface area (Å²) in [5.41, 5.74) is 1.36. The van der Waals surface area contributed by atoms with Gasteiger partial charge in [-0.2, -0.15) is 0 Å². The van der Waals surface area contributed by atoms with Gasteiger partial charge in [0.25, 0.3) is 0 Å². The zero-order chi connectivity index (χ0) is 8.27. The highest BCUT2D eigenvalue weighted by molar-refractivity contribution is 5.84. The topological polar surface area (TPSA) is 29.1 Å². The van der Waals surface area contributed by atoms with Gasteiger partial charge in [-0.05, 0) is 18.6 Å². The van der Waals surface area contributed by atoms with Gasteiger partial charge in [-0.25, -0.2) is 4.79 Å². The second kappa shape index (κ2) is 3.14. The fourth-order valence-electron chi connectivity index (χ4n) is 0.819. The standard InChI is InChI=1S/C8H8FNO/c1-6-4-2-3-5-7(6)10-8(9)11/h2-5H,1H3,(H,10,11). The van der Waals surface area contributed by atoms with Crippen LogP contribution in [-0.2, 0) is 0 Å². The lowest BCUT2D eigenvalue weighted by molar-refractivity contribution is 0.235. The molecule has 0 aliphatic rings. The number of anilines is 1. The Hall–Kier alpha value is -1.38. The van der Waals surface area contributed by atoms with E-state index < -0.39 is 6.16 Å². The number of hydrogen-bond acceptors (Lipinski definition) is 1. The molecule has 0 saturated carbocycles. The third kappa shape index (κ3) is 2.04. The molecule has 0 fully saturated rings. The van der Waals surface area contributed by atoms with Crippen LogP contribution in [0.5, 0.6) is 0 Å². The molecule has 0 spiro atoms. The van der Waals surface area contributed by atoms with Crippen molar-refractivity contribution in [1.82, 2.24) is 0 Å². The monoisotopic (exact) mass is 153 g/mol. The molecule has 1 aromatic rings. The van der Waals surface area contributed by atoms with Crippen molar-refractivity contribution in [2.24, 2.45) is 0 Å². The van der Waals surface area contributed by atoms with Crippen LogP contribution in [0.4, 0.5) is 14.9 Å². The van der Waals surface area contributed by atoms with Gasteiger partial charge in [0.05, 0.1) is 0 Å². The van der Waals surface area contributed by atoms with Crippen molar-refractivity contribution in [3.05, 3.63) is 29.8 Å². The smallest absolute Gasteiger partial charge is 0.298 e. The van der Waals surface area contributed by atoms with Crippen molar-refractivity contribution >= 4 is 11.8 Å². The number of benzene rings is 1. The van der Waals surface area contributed by atoms with Crippen molar-refractivity contribution in [1.29, 1.82) is 0 Å². The maximum absolute atomic E-state index is 11.8. The molecule has 2 nitrogen and oxygen atoms in total. The average Bonchev–Trinajstić information content (AvgIpc) is 1.93. The zero-order valence-corrected chi connectivity index (χ0v) is 6.10. The first-order valence-corrected chi connectivity index (χ1v) is 3.22. The SMILES string of the molecule is Cc1ccccc1NC(=O)F. The van der Waals surface area contributed by atoms with E-state index in [1.54, 1.807) is 25.1 Å². The lowest BCUT2D eigenvalue weighted by Gasteiger charge is -2.01. The minimum absolute atomic E-state index is 0.514. The lowest BCUT2D eigenvalue weighted by atomic mass is 10.2. The molecule has 58 valence electrons. The van der Waals surface area contributed by atoms with Crippen LogP contribution in [0.2, 0.25) is 0 Å². The summed E-state index contributed by atoms with van der Waals surface area (Å²) in [5, 5.41) is 2.07. The molecule has 1 amide bonds. The van der Waals surface area contributed by atoms with E-state index in [1.165, 1.54) is 0 Å². The van der Waals surface area contributed by atoms with Crippen LogP contribution < -0.4 is 5.32 Å². The summed E-state index contributed by atoms with van der Waals surface area (Å²) >= 11 is 0. The molecule has 0 aliphatic carbocycles. The molecular weight excluding hydrogens is 145 g/mol. The molecule has 0 aliphatic heterocycles. The largest absolute Gasteiger partial charge is 0.401 e. The molecule has 3 heteroatoms. The molecule has 0 unspecified atom stereocenters. The minimum Gasteiger partial charge on any atom is -0.298 e. The van der Waals surface area contributed by atoms with Crippen LogP contribution in [0.15, 0.2) is 24.3 Å². The summed E-state index contributed by atoms with van der Waals surface area (Å²) in [5.74, 6) is 0. The molecular formula is C8H8FNO. The molecule has 0 bridgehead atoms. The quantitative estimate of drug-likeness (QED) is 0.487. The molecule has 0 atom stereocenters. The van der Waals surface area contributed by atoms with Crippen molar-refractivity contribution in [2.75, 3.05) is 5.32 Å². The van der Waals surface area contributed by atoms with Gasteiger partial charge in [-0.1, -0.05) is 18.2 Å². The summed E-state index contributed by atoms with van der Waals surface area (Å²) in [6.07, 6.45) is -1.53. The van der Waals surface area contributed by atoms with Crippen molar-refractivity contribution in [2.45, 2.75) is 6.92 Å². The van der Waals surface area contributed by atoms with E-state index in [-0.39, 0.29) is 0 Å². The Labute approximate surface area is 64.0 Å². The number of carbonyl (C=O) groups is 1. The molecule has 0 aromatic heterocycles. The van der Waals surface area contributed by atoms with Gasteiger partial charge in [-0.15, -0.1) is 4.39 Å². The fraction of sp³-hybridized carbons (Fsp3) is 0.125. The number of rotatable bonds is 1. The van der Waals surface area contributed by atoms with Crippen LogP contribution in [0.25, 0.3) is 0 Å². The van der Waals surface area contributed by atoms with E-state index in [4.69, 9.17) is 0 Å². The number of aryl methyl sites for hydroxylation is 1. The van der Waals surface area contributed by atoms with Crippen molar-refractivity contribution in [3.63, 3.8) is 0 Å². The Morgan fingerprint density at radius 1 is 1.45 bits per heavy atom. The third-order valence-corrected chi connectivity index (χ3v) is 1.38. The van der Waals surface area contributed by atoms with Gasteiger partial charge in [0.2, 0.25) is 0 Å². The van der Waals surface area contributed by atoms with Gasteiger partial charge >= 0.3 is 6.16 Å². The molecule has 11 heavy (non-hydrogen) atoms. The number of carbonyl (C=O) groups excluding carboxylic acids is 1. The van der Waals surface area contributed by atoms with Crippen molar-refractivity contribution < 1.29 is 9.18 Å². The Morgan fingerprint density at radius 2 is 2.09 bits per heavy atom. The Balaban J connectivity index is 2.86. The van der Waals surface area contributed by atoms with Crippen LogP contribution in [0, 0.1) is 6.92 Å². The van der Waals surface area contributed by atoms with E-state index >= 15 is 0 Å². The molecule has 1 N–H and O–H groups in total. The average molecular weight is 153 g/mol. The van der Waals surface area contributed by atoms with E-state index in [1.807, 2.05) is 6.07 Å². The molecule has 0 heterocycles. The van der Waals surface area contributed by atoms with E-state index in [9.17, 15) is 9.18 Å². The number of amides is 1. The number of halogens is 1. The van der Waals surface area contributed by atoms with Crippen LogP contribution >= 0.6 is 0 Å². The van der Waals surface area contributed by atoms with Gasteiger partial charge in [0.15, 0.2) is 0 Å². The summed E-state index contributed by atoms with van der Waals surface area (Å²) in [4.78, 5) is 9.99. The zero-order valence-electron chi connectivity index (χ0n) is 6.10. The highest BCUT2D eigenvalue weighted by Gasteiger charge is 1.99. The maximum atomic E-state index is 11.8. The van der Waals surface area contributed by atoms with Gasteiger partial charge in [-0.3, -0.25) is 5.32 Å². The van der Waals surface area contributed by atoms with E-state index in [0.717, 1.165) is 5.56 Å². The highest BCUT2D eigenvalue weighted by Crippen LogP contribution is 2.12. The second-order valence-corrected chi connectivity index (χ2v) is 2.21. The molecule has 0 radical (unpaired) electrons. The second-order valence-electron chi connectivity index (χ2n) is 2.21. The van der Waals surface area contributed by atoms with Crippen LogP contribution in [0.1, 0.15) is 5.56 Å². The lowest BCUT2D eigenvalue weighted by Crippen LogP contribution is -2.03. The summed E-state index contributed by atoms with van der Waals surface area (Å²) in [6, 6.07) is 7.00. The minimum atomic E-state index is -1.53. The first-order chi connectivity index (χ1) is 5.20. The van der Waals surface area contributed by atoms with E-state index in [0.29, 0.717) is 5.69 Å². The number of para-hydroxylation sites is 1. The molecule has 1 rings (SSSR count). The Morgan fingerprint density at radius 3 is 2.64 bits per heavy atom. The first-order valence-electron chi connectivity index (χ1n) is 3.22. The molecule has 0 saturated heterocycles. The van der Waals surface area contributed by atoms with Crippen LogP contribution in [0.3, 0.4) is 0 Å². The third-order valence-electron chi connectivity index (χ3n) is 1.38. The summed E-state index contributed by atoms with van der Waals surface area (Å²) in [6.45, 7) is 1.80. The first kappa shape index (κ1) is 7.72. The Bertz CT molecular complexity index is 273. The maximum Gasteiger partial charge on any atom is 0.401 e. The van der Waals surface area contributed by atoms with E-state index in [2.05, 4.69) is 5.32 Å². The predicted molar refractivity (Wildman–Crippen MR) is 41.3 cm³/mol. The van der Waals surface area contributed by atoms with Gasteiger partial charge in [0.1, 0.15) is 0 Å². The highest BCUT2D eigenvalue weighted by atomic mass is 19.1. The fourth-order valence-corrected chi connectivity index (χ4v) is 0.819. The number of nitrogens with one attached hydrogen (secondary N) is 1. The summed E-state index contributed by atoms with van der Waals surface area (Å²) in [7, 11) is 0. The Kier molecular flexibility index (Phi) is 2.21. The molecule has 1 aromatic carbocycles. The van der Waals surface area contributed by atoms with Crippen LogP contribution in [-0.4, -0.2) is 6.16 Å².